The molecule has 0 aliphatic carbocycles. The van der Waals surface area contributed by atoms with E-state index in [1.165, 1.54) is 5.56 Å². The van der Waals surface area contributed by atoms with Crippen LogP contribution in [-0.4, -0.2) is 32.1 Å². The first-order valence-corrected chi connectivity index (χ1v) is 6.01. The number of hydrogen-bond acceptors (Lipinski definition) is 2. The third-order valence-electron chi connectivity index (χ3n) is 2.86. The van der Waals surface area contributed by atoms with E-state index in [4.69, 9.17) is 4.74 Å². The van der Waals surface area contributed by atoms with Gasteiger partial charge < -0.3 is 9.64 Å². The van der Waals surface area contributed by atoms with Crippen molar-refractivity contribution in [2.75, 3.05) is 27.2 Å². The van der Waals surface area contributed by atoms with Crippen molar-refractivity contribution in [2.24, 2.45) is 0 Å². The minimum atomic E-state index is 0.565. The number of rotatable bonds is 6. The lowest BCUT2D eigenvalue weighted by Crippen LogP contribution is -2.19. The van der Waals surface area contributed by atoms with Crippen molar-refractivity contribution < 1.29 is 4.74 Å². The molecule has 1 aromatic carbocycles. The van der Waals surface area contributed by atoms with Gasteiger partial charge in [-0.25, -0.2) is 0 Å². The fraction of sp³-hybridized carbons (Fsp3) is 0.571. The first-order valence-electron chi connectivity index (χ1n) is 6.01. The van der Waals surface area contributed by atoms with Gasteiger partial charge >= 0.3 is 0 Å². The molecule has 0 heterocycles. The molecule has 16 heavy (non-hydrogen) atoms. The molecule has 0 aliphatic heterocycles. The molecule has 1 rings (SSSR count). The maximum absolute atomic E-state index is 5.83. The molecule has 0 fully saturated rings. The number of ether oxygens (including phenoxy) is 1. The van der Waals surface area contributed by atoms with Crippen LogP contribution in [0.2, 0.25) is 0 Å². The van der Waals surface area contributed by atoms with Gasteiger partial charge in [0, 0.05) is 6.54 Å². The second-order valence-electron chi connectivity index (χ2n) is 4.50. The third kappa shape index (κ3) is 3.86. The van der Waals surface area contributed by atoms with Gasteiger partial charge in [-0.2, -0.15) is 0 Å². The van der Waals surface area contributed by atoms with Crippen LogP contribution in [0.5, 0.6) is 5.75 Å². The van der Waals surface area contributed by atoms with Crippen LogP contribution in [0.25, 0.3) is 0 Å². The monoisotopic (exact) mass is 221 g/mol. The summed E-state index contributed by atoms with van der Waals surface area (Å²) in [5.41, 5.74) is 1.32. The molecule has 2 heteroatoms. The summed E-state index contributed by atoms with van der Waals surface area (Å²) in [7, 11) is 4.12. The molecule has 0 bridgehead atoms. The van der Waals surface area contributed by atoms with Crippen molar-refractivity contribution in [3.05, 3.63) is 29.8 Å². The number of nitrogens with zero attached hydrogens (tertiary/aromatic N) is 1. The molecule has 0 saturated heterocycles. The molecule has 1 atom stereocenters. The predicted molar refractivity (Wildman–Crippen MR) is 69.2 cm³/mol. The van der Waals surface area contributed by atoms with Crippen LogP contribution in [0.4, 0.5) is 0 Å². The van der Waals surface area contributed by atoms with Gasteiger partial charge in [-0.1, -0.05) is 32.0 Å². The maximum Gasteiger partial charge on any atom is 0.122 e. The summed E-state index contributed by atoms with van der Waals surface area (Å²) >= 11 is 0. The lowest BCUT2D eigenvalue weighted by Gasteiger charge is -2.17. The largest absolute Gasteiger partial charge is 0.492 e. The van der Waals surface area contributed by atoms with E-state index in [0.717, 1.165) is 25.3 Å². The van der Waals surface area contributed by atoms with Gasteiger partial charge in [-0.05, 0) is 38.1 Å². The first-order chi connectivity index (χ1) is 7.65. The van der Waals surface area contributed by atoms with Gasteiger partial charge in [-0.15, -0.1) is 0 Å². The first kappa shape index (κ1) is 13.0. The zero-order valence-electron chi connectivity index (χ0n) is 10.9. The van der Waals surface area contributed by atoms with E-state index in [9.17, 15) is 0 Å². The van der Waals surface area contributed by atoms with Crippen LogP contribution in [0.1, 0.15) is 31.7 Å². The third-order valence-corrected chi connectivity index (χ3v) is 2.86. The molecule has 1 aromatic rings. The molecule has 90 valence electrons. The summed E-state index contributed by atoms with van der Waals surface area (Å²) in [6.07, 6.45) is 1.15. The maximum atomic E-state index is 5.83. The Hall–Kier alpha value is -1.02. The highest BCUT2D eigenvalue weighted by molar-refractivity contribution is 5.35. The number of likely N-dealkylation sites (N-methyl/N-ethyl adjacent to an activating group) is 1. The van der Waals surface area contributed by atoms with E-state index in [2.05, 4.69) is 51.0 Å². The summed E-state index contributed by atoms with van der Waals surface area (Å²) in [4.78, 5) is 2.13. The van der Waals surface area contributed by atoms with E-state index in [1.54, 1.807) is 0 Å². The summed E-state index contributed by atoms with van der Waals surface area (Å²) in [6, 6.07) is 8.35. The Balaban J connectivity index is 2.64. The van der Waals surface area contributed by atoms with Gasteiger partial charge in [0.1, 0.15) is 12.4 Å². The molecule has 0 saturated carbocycles. The van der Waals surface area contributed by atoms with Crippen LogP contribution in [0.3, 0.4) is 0 Å². The van der Waals surface area contributed by atoms with Crippen LogP contribution in [-0.2, 0) is 0 Å². The average Bonchev–Trinajstić information content (AvgIpc) is 2.28. The Morgan fingerprint density at radius 1 is 1.25 bits per heavy atom. The van der Waals surface area contributed by atoms with Gasteiger partial charge in [0.15, 0.2) is 0 Å². The van der Waals surface area contributed by atoms with Crippen molar-refractivity contribution in [2.45, 2.75) is 26.2 Å². The van der Waals surface area contributed by atoms with Gasteiger partial charge in [0.2, 0.25) is 0 Å². The van der Waals surface area contributed by atoms with E-state index in [1.807, 2.05) is 6.07 Å². The summed E-state index contributed by atoms with van der Waals surface area (Å²) in [6.45, 7) is 6.16. The van der Waals surface area contributed by atoms with Gasteiger partial charge in [-0.3, -0.25) is 0 Å². The minimum absolute atomic E-state index is 0.565. The summed E-state index contributed by atoms with van der Waals surface area (Å²) < 4.78 is 5.83. The highest BCUT2D eigenvalue weighted by Crippen LogP contribution is 2.28. The molecule has 0 radical (unpaired) electrons. The second-order valence-corrected chi connectivity index (χ2v) is 4.50. The number of hydrogen-bond donors (Lipinski definition) is 0. The Bertz CT molecular complexity index is 309. The molecule has 0 N–H and O–H groups in total. The highest BCUT2D eigenvalue weighted by Gasteiger charge is 2.08. The van der Waals surface area contributed by atoms with Crippen molar-refractivity contribution >= 4 is 0 Å². The molecule has 0 unspecified atom stereocenters. The van der Waals surface area contributed by atoms with Crippen LogP contribution in [0.15, 0.2) is 24.3 Å². The molecular weight excluding hydrogens is 198 g/mol. The summed E-state index contributed by atoms with van der Waals surface area (Å²) in [5.74, 6) is 1.61. The lowest BCUT2D eigenvalue weighted by molar-refractivity contribution is 0.258. The van der Waals surface area contributed by atoms with E-state index in [-0.39, 0.29) is 0 Å². The summed E-state index contributed by atoms with van der Waals surface area (Å²) in [5, 5.41) is 0. The molecule has 2 nitrogen and oxygen atoms in total. The van der Waals surface area contributed by atoms with Crippen molar-refractivity contribution in [1.82, 2.24) is 4.90 Å². The number of para-hydroxylation sites is 1. The SMILES string of the molecule is CC[C@H](C)c1ccccc1OCCN(C)C. The Morgan fingerprint density at radius 3 is 2.56 bits per heavy atom. The highest BCUT2D eigenvalue weighted by atomic mass is 16.5. The average molecular weight is 221 g/mol. The second kappa shape index (κ2) is 6.54. The zero-order chi connectivity index (χ0) is 12.0. The zero-order valence-corrected chi connectivity index (χ0v) is 10.9. The quantitative estimate of drug-likeness (QED) is 0.731. The Kier molecular flexibility index (Phi) is 5.33. The molecule has 0 aromatic heterocycles. The fourth-order valence-corrected chi connectivity index (χ4v) is 1.58. The minimum Gasteiger partial charge on any atom is -0.492 e. The van der Waals surface area contributed by atoms with Crippen molar-refractivity contribution in [1.29, 1.82) is 0 Å². The van der Waals surface area contributed by atoms with Gasteiger partial charge in [0.05, 0.1) is 0 Å². The Morgan fingerprint density at radius 2 is 1.94 bits per heavy atom. The van der Waals surface area contributed by atoms with Crippen molar-refractivity contribution in [3.8, 4) is 5.75 Å². The van der Waals surface area contributed by atoms with E-state index < -0.39 is 0 Å². The van der Waals surface area contributed by atoms with Gasteiger partial charge in [0.25, 0.3) is 0 Å². The van der Waals surface area contributed by atoms with Crippen LogP contribution in [0, 0.1) is 0 Å². The molecule has 0 amide bonds. The smallest absolute Gasteiger partial charge is 0.122 e. The lowest BCUT2D eigenvalue weighted by atomic mass is 9.98. The molecule has 0 aliphatic rings. The number of benzene rings is 1. The fourth-order valence-electron chi connectivity index (χ4n) is 1.58. The Labute approximate surface area is 99.2 Å². The predicted octanol–water partition coefficient (Wildman–Crippen LogP) is 3.14. The normalized spacial score (nSPS) is 12.8. The van der Waals surface area contributed by atoms with Crippen molar-refractivity contribution in [3.63, 3.8) is 0 Å². The molecule has 0 spiro atoms. The van der Waals surface area contributed by atoms with E-state index in [0.29, 0.717) is 5.92 Å². The topological polar surface area (TPSA) is 12.5 Å². The molecular formula is C14H23NO. The van der Waals surface area contributed by atoms with E-state index >= 15 is 0 Å². The standard InChI is InChI=1S/C14H23NO/c1-5-12(2)13-8-6-7-9-14(13)16-11-10-15(3)4/h6-9,12H,5,10-11H2,1-4H3/t12-/m0/s1. The van der Waals surface area contributed by atoms with Crippen LogP contribution < -0.4 is 4.74 Å². The van der Waals surface area contributed by atoms with Crippen LogP contribution >= 0.6 is 0 Å².